The Hall–Kier alpha value is -2.97. The summed E-state index contributed by atoms with van der Waals surface area (Å²) >= 11 is 5.78. The van der Waals surface area contributed by atoms with Crippen molar-refractivity contribution in [3.05, 3.63) is 41.4 Å². The van der Waals surface area contributed by atoms with E-state index in [9.17, 15) is 41.3 Å². The van der Waals surface area contributed by atoms with E-state index in [0.29, 0.717) is 0 Å². The fourth-order valence-electron chi connectivity index (χ4n) is 2.58. The lowest BCUT2D eigenvalue weighted by Crippen LogP contribution is -2.01. The summed E-state index contributed by atoms with van der Waals surface area (Å²) in [6.07, 6.45) is 0. The number of hydrogen-bond acceptors (Lipinski definition) is 9. The third-order valence-corrected chi connectivity index (χ3v) is 5.89. The van der Waals surface area contributed by atoms with Crippen molar-refractivity contribution in [3.8, 4) is 17.2 Å². The van der Waals surface area contributed by atoms with E-state index in [1.807, 2.05) is 0 Å². The Morgan fingerprint density at radius 3 is 2.00 bits per heavy atom. The third-order valence-electron chi connectivity index (χ3n) is 3.91. The maximum Gasteiger partial charge on any atom is 0.298 e. The maximum absolute atomic E-state index is 11.8. The number of phenolic OH excluding ortho intramolecular Hbond substituents is 3. The van der Waals surface area contributed by atoms with Gasteiger partial charge in [-0.05, 0) is 35.7 Å². The summed E-state index contributed by atoms with van der Waals surface area (Å²) in [5, 5.41) is 37.0. The second-order valence-corrected chi connectivity index (χ2v) is 9.08. The first-order valence-electron chi connectivity index (χ1n) is 7.67. The first-order valence-corrected chi connectivity index (χ1v) is 10.9. The zero-order valence-corrected chi connectivity index (χ0v) is 16.8. The first kappa shape index (κ1) is 21.7. The van der Waals surface area contributed by atoms with Crippen LogP contribution in [0.1, 0.15) is 0 Å². The van der Waals surface area contributed by atoms with Crippen LogP contribution in [0.2, 0.25) is 5.02 Å². The number of nitrogens with zero attached hydrogens (tertiary/aromatic N) is 2. The highest BCUT2D eigenvalue weighted by molar-refractivity contribution is 7.86. The van der Waals surface area contributed by atoms with E-state index in [-0.39, 0.29) is 16.1 Å². The number of phenols is 3. The molecule has 0 heterocycles. The summed E-state index contributed by atoms with van der Waals surface area (Å²) in [5.41, 5.74) is -1.09. The van der Waals surface area contributed by atoms with Gasteiger partial charge in [-0.15, -0.1) is 10.2 Å². The lowest BCUT2D eigenvalue weighted by Gasteiger charge is -2.11. The Morgan fingerprint density at radius 2 is 1.40 bits per heavy atom. The van der Waals surface area contributed by atoms with Gasteiger partial charge < -0.3 is 15.3 Å². The Balaban J connectivity index is 2.38. The fraction of sp³-hybridized carbons (Fsp3) is 0. The SMILES string of the molecule is O=S(=O)(O)c1cc2ccc(S(=O)(=O)O)c(O)c2c(O)c1N=Nc1cc(Cl)ccc1O. The van der Waals surface area contributed by atoms with Gasteiger partial charge in [-0.2, -0.15) is 16.8 Å². The van der Waals surface area contributed by atoms with Crippen LogP contribution in [0.5, 0.6) is 17.2 Å². The Morgan fingerprint density at radius 1 is 0.767 bits per heavy atom. The Bertz CT molecular complexity index is 1440. The highest BCUT2D eigenvalue weighted by Gasteiger charge is 2.26. The molecule has 0 amide bonds. The van der Waals surface area contributed by atoms with E-state index >= 15 is 0 Å². The molecule has 0 atom stereocenters. The number of aromatic hydroxyl groups is 3. The van der Waals surface area contributed by atoms with Gasteiger partial charge in [0.15, 0.2) is 5.75 Å². The average molecular weight is 475 g/mol. The van der Waals surface area contributed by atoms with Crippen LogP contribution in [-0.4, -0.2) is 41.3 Å². The lowest BCUT2D eigenvalue weighted by atomic mass is 10.1. The van der Waals surface area contributed by atoms with Crippen LogP contribution >= 0.6 is 11.6 Å². The summed E-state index contributed by atoms with van der Waals surface area (Å²) < 4.78 is 65.0. The van der Waals surface area contributed by atoms with Crippen molar-refractivity contribution in [2.45, 2.75) is 9.79 Å². The third kappa shape index (κ3) is 4.01. The largest absolute Gasteiger partial charge is 0.506 e. The molecule has 0 saturated heterocycles. The van der Waals surface area contributed by atoms with E-state index in [0.717, 1.165) is 18.2 Å². The summed E-state index contributed by atoms with van der Waals surface area (Å²) in [6, 6.07) is 6.22. The van der Waals surface area contributed by atoms with Crippen molar-refractivity contribution in [2.75, 3.05) is 0 Å². The highest BCUT2D eigenvalue weighted by Crippen LogP contribution is 2.46. The summed E-state index contributed by atoms with van der Waals surface area (Å²) in [5.74, 6) is -2.54. The second kappa shape index (κ2) is 7.37. The van der Waals surface area contributed by atoms with Gasteiger partial charge in [0.25, 0.3) is 20.2 Å². The molecule has 5 N–H and O–H groups in total. The Labute approximate surface area is 174 Å². The van der Waals surface area contributed by atoms with E-state index < -0.39 is 58.3 Å². The monoisotopic (exact) mass is 474 g/mol. The molecule has 0 aliphatic heterocycles. The smallest absolute Gasteiger partial charge is 0.298 e. The van der Waals surface area contributed by atoms with E-state index in [1.165, 1.54) is 18.2 Å². The van der Waals surface area contributed by atoms with Crippen LogP contribution in [0.15, 0.2) is 56.4 Å². The van der Waals surface area contributed by atoms with Gasteiger partial charge in [0.1, 0.15) is 32.7 Å². The van der Waals surface area contributed by atoms with Gasteiger partial charge in [-0.3, -0.25) is 9.11 Å². The minimum Gasteiger partial charge on any atom is -0.506 e. The van der Waals surface area contributed by atoms with Crippen LogP contribution in [0.25, 0.3) is 10.8 Å². The summed E-state index contributed by atoms with van der Waals surface area (Å²) in [7, 11) is -9.86. The molecule has 3 aromatic rings. The molecule has 158 valence electrons. The first-order chi connectivity index (χ1) is 13.8. The van der Waals surface area contributed by atoms with E-state index in [4.69, 9.17) is 11.6 Å². The van der Waals surface area contributed by atoms with Gasteiger partial charge in [-0.1, -0.05) is 17.7 Å². The molecular weight excluding hydrogens is 464 g/mol. The predicted molar refractivity (Wildman–Crippen MR) is 104 cm³/mol. The molecule has 3 rings (SSSR count). The van der Waals surface area contributed by atoms with Crippen molar-refractivity contribution in [1.29, 1.82) is 0 Å². The molecular formula is C16H11ClN2O9S2. The molecule has 3 aromatic carbocycles. The molecule has 0 bridgehead atoms. The zero-order chi connectivity index (χ0) is 22.4. The molecule has 0 unspecified atom stereocenters. The number of hydrogen-bond donors (Lipinski definition) is 5. The number of rotatable bonds is 4. The van der Waals surface area contributed by atoms with Gasteiger partial charge in [0.05, 0.1) is 5.39 Å². The second-order valence-electron chi connectivity index (χ2n) is 5.87. The van der Waals surface area contributed by atoms with Crippen LogP contribution in [-0.2, 0) is 20.2 Å². The maximum atomic E-state index is 11.8. The molecule has 0 radical (unpaired) electrons. The van der Waals surface area contributed by atoms with Gasteiger partial charge in [0, 0.05) is 5.02 Å². The van der Waals surface area contributed by atoms with Crippen molar-refractivity contribution in [1.82, 2.24) is 0 Å². The van der Waals surface area contributed by atoms with Gasteiger partial charge in [-0.25, -0.2) is 0 Å². The standard InChI is InChI=1S/C16H11ClN2O9S2/c17-8-2-3-10(20)9(6-8)18-19-14-12(30(26,27)28)5-7-1-4-11(29(23,24)25)15(21)13(7)16(14)22/h1-6,20-22H,(H,23,24,25)(H,26,27,28). The van der Waals surface area contributed by atoms with Gasteiger partial charge in [0.2, 0.25) is 0 Å². The van der Waals surface area contributed by atoms with Crippen molar-refractivity contribution in [3.63, 3.8) is 0 Å². The number of halogens is 1. The molecule has 11 nitrogen and oxygen atoms in total. The molecule has 0 aliphatic rings. The highest BCUT2D eigenvalue weighted by atomic mass is 35.5. The van der Waals surface area contributed by atoms with Crippen LogP contribution in [0.3, 0.4) is 0 Å². The van der Waals surface area contributed by atoms with Crippen LogP contribution in [0, 0.1) is 0 Å². The normalized spacial score (nSPS) is 12.6. The minimum absolute atomic E-state index is 0.148. The van der Waals surface area contributed by atoms with Crippen molar-refractivity contribution in [2.24, 2.45) is 10.2 Å². The molecule has 0 saturated carbocycles. The molecule has 0 aromatic heterocycles. The molecule has 0 fully saturated rings. The number of azo groups is 1. The van der Waals surface area contributed by atoms with E-state index in [2.05, 4.69) is 10.2 Å². The Kier molecular flexibility index (Phi) is 5.34. The van der Waals surface area contributed by atoms with Crippen LogP contribution < -0.4 is 0 Å². The number of fused-ring (bicyclic) bond motifs is 1. The predicted octanol–water partition coefficient (Wildman–Crippen LogP) is 3.52. The summed E-state index contributed by atoms with van der Waals surface area (Å²) in [4.78, 5) is -1.88. The van der Waals surface area contributed by atoms with Crippen LogP contribution in [0.4, 0.5) is 11.4 Å². The van der Waals surface area contributed by atoms with Gasteiger partial charge >= 0.3 is 0 Å². The molecule has 30 heavy (non-hydrogen) atoms. The minimum atomic E-state index is -4.97. The lowest BCUT2D eigenvalue weighted by molar-refractivity contribution is 0.441. The molecule has 14 heteroatoms. The zero-order valence-electron chi connectivity index (χ0n) is 14.4. The average Bonchev–Trinajstić information content (AvgIpc) is 2.61. The number of benzene rings is 3. The summed E-state index contributed by atoms with van der Waals surface area (Å²) in [6.45, 7) is 0. The van der Waals surface area contributed by atoms with Crippen molar-refractivity contribution < 1.29 is 41.3 Å². The quantitative estimate of drug-likeness (QED) is 0.277. The fourth-order valence-corrected chi connectivity index (χ4v) is 3.99. The van der Waals surface area contributed by atoms with Crippen molar-refractivity contribution >= 4 is 54.0 Å². The van der Waals surface area contributed by atoms with E-state index in [1.54, 1.807) is 0 Å². The molecule has 0 spiro atoms. The topological polar surface area (TPSA) is 194 Å². The molecule has 0 aliphatic carbocycles.